The highest BCUT2D eigenvalue weighted by Crippen LogP contribution is 2.21. The van der Waals surface area contributed by atoms with Crippen LogP contribution in [0.3, 0.4) is 0 Å². The van der Waals surface area contributed by atoms with E-state index < -0.39 is 11.6 Å². The summed E-state index contributed by atoms with van der Waals surface area (Å²) in [5, 5.41) is 8.89. The van der Waals surface area contributed by atoms with E-state index in [1.807, 2.05) is 26.8 Å². The summed E-state index contributed by atoms with van der Waals surface area (Å²) in [6.07, 6.45) is 0.658. The van der Waals surface area contributed by atoms with Crippen molar-refractivity contribution in [3.63, 3.8) is 0 Å². The van der Waals surface area contributed by atoms with E-state index in [0.29, 0.717) is 17.7 Å². The van der Waals surface area contributed by atoms with Crippen molar-refractivity contribution in [3.05, 3.63) is 29.3 Å². The molecule has 0 bridgehead atoms. The van der Waals surface area contributed by atoms with Crippen LogP contribution in [0.4, 0.5) is 0 Å². The highest BCUT2D eigenvalue weighted by Gasteiger charge is 2.16. The van der Waals surface area contributed by atoms with E-state index in [1.165, 1.54) is 7.11 Å². The van der Waals surface area contributed by atoms with E-state index in [9.17, 15) is 9.59 Å². The number of benzene rings is 1. The Kier molecular flexibility index (Phi) is 5.76. The van der Waals surface area contributed by atoms with Crippen molar-refractivity contribution in [2.24, 2.45) is 0 Å². The Morgan fingerprint density at radius 1 is 1.24 bits per heavy atom. The quantitative estimate of drug-likeness (QED) is 0.816. The Labute approximate surface area is 124 Å². The molecule has 0 aliphatic rings. The van der Waals surface area contributed by atoms with E-state index in [1.54, 1.807) is 12.1 Å². The number of rotatable bonds is 6. The summed E-state index contributed by atoms with van der Waals surface area (Å²) in [7, 11) is 1.50. The molecular formula is C16H22O5. The molecule has 0 atom stereocenters. The molecule has 1 N–H and O–H groups in total. The number of aliphatic carboxylic acids is 1. The minimum absolute atomic E-state index is 0.108. The zero-order valence-electron chi connectivity index (χ0n) is 12.9. The SMILES string of the molecule is COc1ccc(CCC(=O)OC(C)(C)C)cc1CC(=O)O. The van der Waals surface area contributed by atoms with Gasteiger partial charge in [-0.3, -0.25) is 9.59 Å². The molecule has 116 valence electrons. The van der Waals surface area contributed by atoms with Gasteiger partial charge in [0.15, 0.2) is 0 Å². The maximum absolute atomic E-state index is 11.7. The summed E-state index contributed by atoms with van der Waals surface area (Å²) >= 11 is 0. The van der Waals surface area contributed by atoms with Gasteiger partial charge in [-0.2, -0.15) is 0 Å². The Bertz CT molecular complexity index is 514. The number of carbonyl (C=O) groups excluding carboxylic acids is 1. The fourth-order valence-electron chi connectivity index (χ4n) is 1.93. The van der Waals surface area contributed by atoms with Crippen molar-refractivity contribution in [3.8, 4) is 5.75 Å². The average molecular weight is 294 g/mol. The lowest BCUT2D eigenvalue weighted by Crippen LogP contribution is -2.24. The Morgan fingerprint density at radius 2 is 1.90 bits per heavy atom. The van der Waals surface area contributed by atoms with E-state index in [4.69, 9.17) is 14.6 Å². The third-order valence-corrected chi connectivity index (χ3v) is 2.72. The molecule has 0 aliphatic carbocycles. The first-order chi connectivity index (χ1) is 9.71. The summed E-state index contributed by atoms with van der Waals surface area (Å²) in [6, 6.07) is 5.31. The van der Waals surface area contributed by atoms with Crippen LogP contribution in [0.5, 0.6) is 5.75 Å². The largest absolute Gasteiger partial charge is 0.496 e. The lowest BCUT2D eigenvalue weighted by Gasteiger charge is -2.19. The van der Waals surface area contributed by atoms with Crippen molar-refractivity contribution in [2.45, 2.75) is 45.6 Å². The Hall–Kier alpha value is -2.04. The fourth-order valence-corrected chi connectivity index (χ4v) is 1.93. The molecular weight excluding hydrogens is 272 g/mol. The molecule has 21 heavy (non-hydrogen) atoms. The minimum Gasteiger partial charge on any atom is -0.496 e. The van der Waals surface area contributed by atoms with Crippen LogP contribution in [0.1, 0.15) is 38.3 Å². The van der Waals surface area contributed by atoms with Gasteiger partial charge < -0.3 is 14.6 Å². The molecule has 0 saturated heterocycles. The molecule has 0 heterocycles. The summed E-state index contributed by atoms with van der Waals surface area (Å²) in [5.74, 6) is -0.644. The lowest BCUT2D eigenvalue weighted by atomic mass is 10.0. The first-order valence-electron chi connectivity index (χ1n) is 6.80. The second-order valence-electron chi connectivity index (χ2n) is 5.80. The van der Waals surface area contributed by atoms with Crippen LogP contribution in [0.2, 0.25) is 0 Å². The van der Waals surface area contributed by atoms with Gasteiger partial charge >= 0.3 is 11.9 Å². The second kappa shape index (κ2) is 7.11. The molecule has 0 aromatic heterocycles. The molecule has 1 rings (SSSR count). The maximum atomic E-state index is 11.7. The highest BCUT2D eigenvalue weighted by molar-refractivity contribution is 5.72. The van der Waals surface area contributed by atoms with Crippen molar-refractivity contribution in [1.82, 2.24) is 0 Å². The molecule has 0 saturated carbocycles. The van der Waals surface area contributed by atoms with Crippen LogP contribution in [0.15, 0.2) is 18.2 Å². The molecule has 0 amide bonds. The average Bonchev–Trinajstić information content (AvgIpc) is 2.34. The number of carbonyl (C=O) groups is 2. The van der Waals surface area contributed by atoms with Crippen LogP contribution in [-0.4, -0.2) is 29.8 Å². The summed E-state index contributed by atoms with van der Waals surface area (Å²) in [4.78, 5) is 22.5. The van der Waals surface area contributed by atoms with Crippen molar-refractivity contribution in [1.29, 1.82) is 0 Å². The first kappa shape index (κ1) is 17.0. The molecule has 0 aliphatic heterocycles. The number of hydrogen-bond donors (Lipinski definition) is 1. The number of ether oxygens (including phenoxy) is 2. The third kappa shape index (κ3) is 6.29. The molecule has 0 unspecified atom stereocenters. The van der Waals surface area contributed by atoms with Gasteiger partial charge in [-0.05, 0) is 38.8 Å². The zero-order valence-corrected chi connectivity index (χ0v) is 12.9. The van der Waals surface area contributed by atoms with Crippen molar-refractivity contribution < 1.29 is 24.2 Å². The molecule has 1 aromatic carbocycles. The van der Waals surface area contributed by atoms with Crippen LogP contribution >= 0.6 is 0 Å². The van der Waals surface area contributed by atoms with Gasteiger partial charge in [0.05, 0.1) is 13.5 Å². The van der Waals surface area contributed by atoms with Gasteiger partial charge in [0.1, 0.15) is 11.4 Å². The topological polar surface area (TPSA) is 72.8 Å². The monoisotopic (exact) mass is 294 g/mol. The van der Waals surface area contributed by atoms with Gasteiger partial charge in [-0.25, -0.2) is 0 Å². The molecule has 0 fully saturated rings. The standard InChI is InChI=1S/C16H22O5/c1-16(2,3)21-15(19)8-6-11-5-7-13(20-4)12(9-11)10-14(17)18/h5,7,9H,6,8,10H2,1-4H3,(H,17,18). The zero-order chi connectivity index (χ0) is 16.0. The molecule has 5 nitrogen and oxygen atoms in total. The maximum Gasteiger partial charge on any atom is 0.307 e. The van der Waals surface area contributed by atoms with E-state index in [0.717, 1.165) is 5.56 Å². The fraction of sp³-hybridized carbons (Fsp3) is 0.500. The molecule has 0 radical (unpaired) electrons. The summed E-state index contributed by atoms with van der Waals surface area (Å²) < 4.78 is 10.4. The number of carboxylic acids is 1. The van der Waals surface area contributed by atoms with E-state index >= 15 is 0 Å². The van der Waals surface area contributed by atoms with Gasteiger partial charge in [0, 0.05) is 12.0 Å². The van der Waals surface area contributed by atoms with Gasteiger partial charge in [0.25, 0.3) is 0 Å². The van der Waals surface area contributed by atoms with E-state index in [-0.39, 0.29) is 18.8 Å². The van der Waals surface area contributed by atoms with Crippen LogP contribution in [-0.2, 0) is 27.2 Å². The van der Waals surface area contributed by atoms with Crippen LogP contribution < -0.4 is 4.74 Å². The summed E-state index contributed by atoms with van der Waals surface area (Å²) in [6.45, 7) is 5.47. The Balaban J connectivity index is 2.71. The molecule has 5 heteroatoms. The number of hydrogen-bond acceptors (Lipinski definition) is 4. The molecule has 0 spiro atoms. The van der Waals surface area contributed by atoms with Crippen LogP contribution in [0, 0.1) is 0 Å². The number of esters is 1. The number of carboxylic acid groups (broad SMARTS) is 1. The smallest absolute Gasteiger partial charge is 0.307 e. The van der Waals surface area contributed by atoms with Crippen molar-refractivity contribution >= 4 is 11.9 Å². The van der Waals surface area contributed by atoms with Crippen LogP contribution in [0.25, 0.3) is 0 Å². The van der Waals surface area contributed by atoms with Gasteiger partial charge in [-0.15, -0.1) is 0 Å². The second-order valence-corrected chi connectivity index (χ2v) is 5.80. The molecule has 1 aromatic rings. The normalized spacial score (nSPS) is 11.0. The van der Waals surface area contributed by atoms with Gasteiger partial charge in [-0.1, -0.05) is 12.1 Å². The lowest BCUT2D eigenvalue weighted by molar-refractivity contribution is -0.154. The third-order valence-electron chi connectivity index (χ3n) is 2.72. The Morgan fingerprint density at radius 3 is 2.43 bits per heavy atom. The predicted molar refractivity (Wildman–Crippen MR) is 78.5 cm³/mol. The van der Waals surface area contributed by atoms with Gasteiger partial charge in [0.2, 0.25) is 0 Å². The number of methoxy groups -OCH3 is 1. The number of aryl methyl sites for hydroxylation is 1. The minimum atomic E-state index is -0.919. The van der Waals surface area contributed by atoms with Crippen molar-refractivity contribution in [2.75, 3.05) is 7.11 Å². The van der Waals surface area contributed by atoms with E-state index in [2.05, 4.69) is 0 Å². The predicted octanol–water partition coefficient (Wildman–Crippen LogP) is 2.60. The summed E-state index contributed by atoms with van der Waals surface area (Å²) in [5.41, 5.74) is 0.996. The highest BCUT2D eigenvalue weighted by atomic mass is 16.6. The first-order valence-corrected chi connectivity index (χ1v) is 6.80.